The van der Waals surface area contributed by atoms with Gasteiger partial charge in [0, 0.05) is 50.2 Å². The number of likely N-dealkylation sites (N-methyl/N-ethyl adjacent to an activating group) is 1. The van der Waals surface area contributed by atoms with E-state index in [0.29, 0.717) is 39.6 Å². The number of aromatic nitrogens is 1. The average Bonchev–Trinajstić information content (AvgIpc) is 3.36. The molecular weight excluding hydrogens is 537 g/mol. The van der Waals surface area contributed by atoms with Crippen molar-refractivity contribution in [2.75, 3.05) is 38.5 Å². The highest BCUT2D eigenvalue weighted by molar-refractivity contribution is 7.80. The number of halogens is 1. The van der Waals surface area contributed by atoms with Crippen LogP contribution in [0.3, 0.4) is 0 Å². The standard InChI is InChI=1S/C28H26FN5O3S2/c1-33-11-13-34(14-12-33)27(36)24-17-21-26(39-24)23(9-10-30-21)37-22-8-7-19(16-20(22)29)31-28(38)32-25(35)15-18-5-3-2-4-6-18/h2-10,16-17H,11-15H2,1H3,(H2,31,32,35,38). The number of anilines is 1. The fraction of sp³-hybridized carbons (Fsp3) is 0.214. The van der Waals surface area contributed by atoms with Gasteiger partial charge in [-0.1, -0.05) is 30.3 Å². The fourth-order valence-electron chi connectivity index (χ4n) is 4.16. The van der Waals surface area contributed by atoms with Gasteiger partial charge in [-0.2, -0.15) is 0 Å². The van der Waals surface area contributed by atoms with Crippen molar-refractivity contribution in [3.05, 3.63) is 83.1 Å². The van der Waals surface area contributed by atoms with Crippen molar-refractivity contribution in [1.82, 2.24) is 20.1 Å². The molecule has 4 aromatic rings. The van der Waals surface area contributed by atoms with E-state index in [2.05, 4.69) is 20.5 Å². The molecule has 0 saturated carbocycles. The highest BCUT2D eigenvalue weighted by Crippen LogP contribution is 2.36. The minimum Gasteiger partial charge on any atom is -0.453 e. The van der Waals surface area contributed by atoms with E-state index in [1.54, 1.807) is 24.4 Å². The monoisotopic (exact) mass is 563 g/mol. The second-order valence-electron chi connectivity index (χ2n) is 9.14. The number of nitrogens with zero attached hydrogens (tertiary/aromatic N) is 3. The molecule has 0 atom stereocenters. The molecule has 1 aliphatic rings. The molecule has 1 saturated heterocycles. The van der Waals surface area contributed by atoms with Crippen LogP contribution < -0.4 is 15.4 Å². The minimum atomic E-state index is -0.617. The Balaban J connectivity index is 1.24. The van der Waals surface area contributed by atoms with Gasteiger partial charge in [0.1, 0.15) is 5.75 Å². The fourth-order valence-corrected chi connectivity index (χ4v) is 5.43. The van der Waals surface area contributed by atoms with Crippen LogP contribution in [-0.4, -0.2) is 64.9 Å². The number of rotatable bonds is 6. The number of amides is 2. The number of ether oxygens (including phenoxy) is 1. The van der Waals surface area contributed by atoms with E-state index >= 15 is 0 Å². The van der Waals surface area contributed by atoms with Crippen molar-refractivity contribution in [1.29, 1.82) is 0 Å². The Hall–Kier alpha value is -3.93. The van der Waals surface area contributed by atoms with Gasteiger partial charge in [-0.3, -0.25) is 14.6 Å². The van der Waals surface area contributed by atoms with E-state index in [9.17, 15) is 14.0 Å². The summed E-state index contributed by atoms with van der Waals surface area (Å²) in [5.41, 5.74) is 1.84. The summed E-state index contributed by atoms with van der Waals surface area (Å²) in [6.07, 6.45) is 1.74. The van der Waals surface area contributed by atoms with Crippen LogP contribution >= 0.6 is 23.6 Å². The van der Waals surface area contributed by atoms with Gasteiger partial charge in [-0.25, -0.2) is 4.39 Å². The number of thiocarbonyl (C=S) groups is 1. The summed E-state index contributed by atoms with van der Waals surface area (Å²) < 4.78 is 21.5. The maximum absolute atomic E-state index is 15.0. The van der Waals surface area contributed by atoms with Crippen molar-refractivity contribution in [2.45, 2.75) is 6.42 Å². The summed E-state index contributed by atoms with van der Waals surface area (Å²) in [6, 6.07) is 17.0. The van der Waals surface area contributed by atoms with E-state index in [4.69, 9.17) is 17.0 Å². The molecule has 0 unspecified atom stereocenters. The van der Waals surface area contributed by atoms with Crippen LogP contribution in [0.1, 0.15) is 15.2 Å². The lowest BCUT2D eigenvalue weighted by Crippen LogP contribution is -2.46. The van der Waals surface area contributed by atoms with E-state index in [0.717, 1.165) is 18.7 Å². The number of piperazine rings is 1. The Bertz CT molecular complexity index is 1520. The average molecular weight is 564 g/mol. The molecule has 0 spiro atoms. The Kier molecular flexibility index (Phi) is 8.10. The highest BCUT2D eigenvalue weighted by Gasteiger charge is 2.23. The number of hydrogen-bond acceptors (Lipinski definition) is 7. The lowest BCUT2D eigenvalue weighted by atomic mass is 10.1. The number of nitrogens with one attached hydrogen (secondary N) is 2. The van der Waals surface area contributed by atoms with Crippen molar-refractivity contribution in [3.8, 4) is 11.5 Å². The van der Waals surface area contributed by atoms with Crippen LogP contribution in [0, 0.1) is 5.82 Å². The van der Waals surface area contributed by atoms with Gasteiger partial charge < -0.3 is 25.2 Å². The van der Waals surface area contributed by atoms with Gasteiger partial charge in [0.2, 0.25) is 5.91 Å². The lowest BCUT2D eigenvalue weighted by molar-refractivity contribution is -0.119. The normalized spacial score (nSPS) is 13.7. The summed E-state index contributed by atoms with van der Waals surface area (Å²) in [4.78, 5) is 34.2. The second kappa shape index (κ2) is 11.9. The lowest BCUT2D eigenvalue weighted by Gasteiger charge is -2.32. The van der Waals surface area contributed by atoms with E-state index in [1.807, 2.05) is 42.3 Å². The van der Waals surface area contributed by atoms with Gasteiger partial charge in [0.25, 0.3) is 5.91 Å². The number of benzene rings is 2. The Morgan fingerprint density at radius 1 is 1.05 bits per heavy atom. The van der Waals surface area contributed by atoms with E-state index in [1.165, 1.54) is 23.5 Å². The number of thiophene rings is 1. The van der Waals surface area contributed by atoms with Crippen LogP contribution in [-0.2, 0) is 11.2 Å². The summed E-state index contributed by atoms with van der Waals surface area (Å²) in [5, 5.41) is 5.48. The quantitative estimate of drug-likeness (QED) is 0.330. The predicted molar refractivity (Wildman–Crippen MR) is 154 cm³/mol. The molecule has 2 aromatic carbocycles. The molecule has 11 heteroatoms. The first kappa shape index (κ1) is 26.7. The number of carbonyl (C=O) groups is 2. The van der Waals surface area contributed by atoms with Gasteiger partial charge in [0.05, 0.1) is 21.5 Å². The highest BCUT2D eigenvalue weighted by atomic mass is 32.1. The molecule has 2 aromatic heterocycles. The molecule has 1 aliphatic heterocycles. The predicted octanol–water partition coefficient (Wildman–Crippen LogP) is 4.67. The van der Waals surface area contributed by atoms with Crippen LogP contribution in [0.25, 0.3) is 10.2 Å². The third-order valence-electron chi connectivity index (χ3n) is 6.25. The van der Waals surface area contributed by atoms with Crippen molar-refractivity contribution >= 4 is 56.4 Å². The first-order chi connectivity index (χ1) is 18.9. The Labute approximate surface area is 234 Å². The van der Waals surface area contributed by atoms with E-state index in [-0.39, 0.29) is 29.1 Å². The topological polar surface area (TPSA) is 86.8 Å². The molecule has 0 aliphatic carbocycles. The van der Waals surface area contributed by atoms with Crippen LogP contribution in [0.4, 0.5) is 10.1 Å². The molecule has 0 radical (unpaired) electrons. The van der Waals surface area contributed by atoms with Crippen molar-refractivity contribution in [2.24, 2.45) is 0 Å². The summed E-state index contributed by atoms with van der Waals surface area (Å²) in [7, 11) is 2.04. The van der Waals surface area contributed by atoms with Gasteiger partial charge in [0.15, 0.2) is 16.7 Å². The molecule has 1 fully saturated rings. The van der Waals surface area contributed by atoms with Gasteiger partial charge in [-0.15, -0.1) is 11.3 Å². The third-order valence-corrected chi connectivity index (χ3v) is 7.58. The molecule has 3 heterocycles. The van der Waals surface area contributed by atoms with Crippen LogP contribution in [0.5, 0.6) is 11.5 Å². The van der Waals surface area contributed by atoms with Gasteiger partial charge in [-0.05, 0) is 43.0 Å². The third kappa shape index (κ3) is 6.56. The molecule has 2 amide bonds. The Morgan fingerprint density at radius 2 is 1.82 bits per heavy atom. The maximum Gasteiger partial charge on any atom is 0.264 e. The molecule has 5 rings (SSSR count). The Morgan fingerprint density at radius 3 is 2.56 bits per heavy atom. The summed E-state index contributed by atoms with van der Waals surface area (Å²) in [5.74, 6) is -0.514. The molecule has 2 N–H and O–H groups in total. The molecule has 0 bridgehead atoms. The zero-order valence-electron chi connectivity index (χ0n) is 21.1. The molecule has 39 heavy (non-hydrogen) atoms. The molecule has 200 valence electrons. The van der Waals surface area contributed by atoms with Crippen LogP contribution in [0.2, 0.25) is 0 Å². The van der Waals surface area contributed by atoms with E-state index < -0.39 is 5.82 Å². The van der Waals surface area contributed by atoms with Crippen molar-refractivity contribution in [3.63, 3.8) is 0 Å². The molecule has 8 nitrogen and oxygen atoms in total. The second-order valence-corrected chi connectivity index (χ2v) is 10.6. The first-order valence-electron chi connectivity index (χ1n) is 12.3. The maximum atomic E-state index is 15.0. The zero-order valence-corrected chi connectivity index (χ0v) is 22.8. The van der Waals surface area contributed by atoms with Crippen LogP contribution in [0.15, 0.2) is 66.9 Å². The smallest absolute Gasteiger partial charge is 0.264 e. The zero-order chi connectivity index (χ0) is 27.4. The SMILES string of the molecule is CN1CCN(C(=O)c2cc3nccc(Oc4ccc(NC(=S)NC(=O)Cc5ccccc5)cc4F)c3s2)CC1. The number of pyridine rings is 1. The first-order valence-corrected chi connectivity index (χ1v) is 13.6. The minimum absolute atomic E-state index is 0.00688. The number of fused-ring (bicyclic) bond motifs is 1. The number of carbonyl (C=O) groups excluding carboxylic acids is 2. The molecular formula is C28H26FN5O3S2. The largest absolute Gasteiger partial charge is 0.453 e. The summed E-state index contributed by atoms with van der Waals surface area (Å²) in [6.45, 7) is 3.01. The summed E-state index contributed by atoms with van der Waals surface area (Å²) >= 11 is 6.49. The van der Waals surface area contributed by atoms with Crippen molar-refractivity contribution < 1.29 is 18.7 Å². The number of hydrogen-bond donors (Lipinski definition) is 2. The van der Waals surface area contributed by atoms with Gasteiger partial charge >= 0.3 is 0 Å².